The van der Waals surface area contributed by atoms with E-state index in [4.69, 9.17) is 0 Å². The molecule has 96 valence electrons. The first-order chi connectivity index (χ1) is 9.31. The summed E-state index contributed by atoms with van der Waals surface area (Å²) in [5.41, 5.74) is 4.06. The number of hydrogen-bond donors (Lipinski definition) is 1. The first kappa shape index (κ1) is 11.2. The lowest BCUT2D eigenvalue weighted by Crippen LogP contribution is -2.24. The lowest BCUT2D eigenvalue weighted by atomic mass is 9.91. The van der Waals surface area contributed by atoms with Gasteiger partial charge in [-0.15, -0.1) is 11.3 Å². The molecule has 19 heavy (non-hydrogen) atoms. The Bertz CT molecular complexity index is 655. The van der Waals surface area contributed by atoms with Crippen LogP contribution < -0.4 is 5.32 Å². The van der Waals surface area contributed by atoms with E-state index < -0.39 is 0 Å². The summed E-state index contributed by atoms with van der Waals surface area (Å²) in [6.07, 6.45) is 4.42. The van der Waals surface area contributed by atoms with Crippen molar-refractivity contribution < 1.29 is 4.79 Å². The van der Waals surface area contributed by atoms with Crippen LogP contribution in [0.3, 0.4) is 0 Å². The van der Waals surface area contributed by atoms with Crippen molar-refractivity contribution in [3.8, 4) is 10.4 Å². The minimum absolute atomic E-state index is 0.111. The van der Waals surface area contributed by atoms with Crippen molar-refractivity contribution in [3.63, 3.8) is 0 Å². The second kappa shape index (κ2) is 4.20. The molecule has 1 amide bonds. The molecule has 1 heterocycles. The van der Waals surface area contributed by atoms with E-state index in [0.29, 0.717) is 6.04 Å². The highest BCUT2D eigenvalue weighted by Crippen LogP contribution is 2.39. The van der Waals surface area contributed by atoms with Crippen molar-refractivity contribution in [1.29, 1.82) is 0 Å². The zero-order valence-electron chi connectivity index (χ0n) is 10.6. The van der Waals surface area contributed by atoms with Crippen molar-refractivity contribution in [3.05, 3.63) is 46.3 Å². The van der Waals surface area contributed by atoms with Gasteiger partial charge in [0.2, 0.25) is 0 Å². The van der Waals surface area contributed by atoms with Gasteiger partial charge in [0.1, 0.15) is 0 Å². The fraction of sp³-hybridized carbons (Fsp3) is 0.312. The number of benzene rings is 1. The largest absolute Gasteiger partial charge is 0.349 e. The Balaban J connectivity index is 1.71. The summed E-state index contributed by atoms with van der Waals surface area (Å²) in [5, 5.41) is 3.07. The summed E-state index contributed by atoms with van der Waals surface area (Å²) < 4.78 is 0. The maximum absolute atomic E-state index is 12.1. The number of carbonyl (C=O) groups is 1. The fourth-order valence-corrected chi connectivity index (χ4v) is 3.84. The smallest absolute Gasteiger partial charge is 0.261 e. The minimum atomic E-state index is 0.111. The van der Waals surface area contributed by atoms with Crippen molar-refractivity contribution in [1.82, 2.24) is 5.32 Å². The van der Waals surface area contributed by atoms with E-state index in [1.165, 1.54) is 21.6 Å². The predicted molar refractivity (Wildman–Crippen MR) is 77.7 cm³/mol. The molecule has 4 rings (SSSR count). The number of aryl methyl sites for hydroxylation is 2. The third-order valence-corrected chi connectivity index (χ3v) is 5.08. The van der Waals surface area contributed by atoms with Crippen LogP contribution in [0.2, 0.25) is 0 Å². The monoisotopic (exact) mass is 269 g/mol. The van der Waals surface area contributed by atoms with Gasteiger partial charge in [0.25, 0.3) is 5.91 Å². The first-order valence-corrected chi connectivity index (χ1v) is 7.65. The third kappa shape index (κ3) is 1.98. The van der Waals surface area contributed by atoms with E-state index in [9.17, 15) is 4.79 Å². The van der Waals surface area contributed by atoms with Gasteiger partial charge >= 0.3 is 0 Å². The van der Waals surface area contributed by atoms with Gasteiger partial charge in [0.15, 0.2) is 0 Å². The molecule has 1 fully saturated rings. The molecular weight excluding hydrogens is 254 g/mol. The van der Waals surface area contributed by atoms with Gasteiger partial charge in [-0.3, -0.25) is 4.79 Å². The standard InChI is InChI=1S/C16H15NOS/c18-16(17-12-7-8-12)14-9-11-6-5-10-3-1-2-4-13(10)15(11)19-14/h1-4,9,12H,5-8H2,(H,17,18). The van der Waals surface area contributed by atoms with Gasteiger partial charge in [0.05, 0.1) is 4.88 Å². The lowest BCUT2D eigenvalue weighted by Gasteiger charge is -2.15. The molecule has 0 spiro atoms. The molecule has 2 aliphatic rings. The van der Waals surface area contributed by atoms with Gasteiger partial charge in [-0.05, 0) is 48.4 Å². The molecule has 0 radical (unpaired) electrons. The van der Waals surface area contributed by atoms with Crippen molar-refractivity contribution >= 4 is 17.2 Å². The summed E-state index contributed by atoms with van der Waals surface area (Å²) in [5.74, 6) is 0.111. The van der Waals surface area contributed by atoms with Gasteiger partial charge in [-0.1, -0.05) is 24.3 Å². The summed E-state index contributed by atoms with van der Waals surface area (Å²) in [6.45, 7) is 0. The Morgan fingerprint density at radius 2 is 1.95 bits per heavy atom. The molecule has 3 heteroatoms. The van der Waals surface area contributed by atoms with Crippen LogP contribution in [0.5, 0.6) is 0 Å². The lowest BCUT2D eigenvalue weighted by molar-refractivity contribution is 0.0955. The van der Waals surface area contributed by atoms with Crippen molar-refractivity contribution in [2.45, 2.75) is 31.7 Å². The average molecular weight is 269 g/mol. The first-order valence-electron chi connectivity index (χ1n) is 6.83. The Labute approximate surface area is 116 Å². The number of hydrogen-bond acceptors (Lipinski definition) is 2. The SMILES string of the molecule is O=C(NC1CC1)c1cc2c(s1)-c1ccccc1CC2. The molecule has 2 aliphatic carbocycles. The summed E-state index contributed by atoms with van der Waals surface area (Å²) in [6, 6.07) is 11.1. The van der Waals surface area contributed by atoms with E-state index in [1.54, 1.807) is 11.3 Å². The van der Waals surface area contributed by atoms with Crippen LogP contribution >= 0.6 is 11.3 Å². The Morgan fingerprint density at radius 3 is 2.79 bits per heavy atom. The highest BCUT2D eigenvalue weighted by atomic mass is 32.1. The molecule has 0 atom stereocenters. The van der Waals surface area contributed by atoms with Gasteiger partial charge < -0.3 is 5.32 Å². The molecule has 0 unspecified atom stereocenters. The van der Waals surface area contributed by atoms with Crippen molar-refractivity contribution in [2.75, 3.05) is 0 Å². The summed E-state index contributed by atoms with van der Waals surface area (Å²) in [4.78, 5) is 14.3. The highest BCUT2D eigenvalue weighted by Gasteiger charge is 2.26. The van der Waals surface area contributed by atoms with Crippen LogP contribution in [0, 0.1) is 0 Å². The third-order valence-electron chi connectivity index (χ3n) is 3.87. The molecular formula is C16H15NOS. The average Bonchev–Trinajstić information content (AvgIpc) is 3.13. The molecule has 2 nitrogen and oxygen atoms in total. The van der Waals surface area contributed by atoms with E-state index in [-0.39, 0.29) is 5.91 Å². The molecule has 1 saturated carbocycles. The van der Waals surface area contributed by atoms with Crippen LogP contribution in [0.15, 0.2) is 30.3 Å². The quantitative estimate of drug-likeness (QED) is 0.889. The fourth-order valence-electron chi connectivity index (χ4n) is 2.67. The van der Waals surface area contributed by atoms with E-state index in [1.807, 2.05) is 0 Å². The molecule has 1 N–H and O–H groups in total. The molecule has 2 aromatic rings. The van der Waals surface area contributed by atoms with Gasteiger partial charge in [-0.2, -0.15) is 0 Å². The zero-order valence-corrected chi connectivity index (χ0v) is 11.4. The predicted octanol–water partition coefficient (Wildman–Crippen LogP) is 3.41. The van der Waals surface area contributed by atoms with Crippen LogP contribution in [-0.4, -0.2) is 11.9 Å². The van der Waals surface area contributed by atoms with E-state index in [0.717, 1.165) is 30.6 Å². The topological polar surface area (TPSA) is 29.1 Å². The Morgan fingerprint density at radius 1 is 1.16 bits per heavy atom. The van der Waals surface area contributed by atoms with Crippen LogP contribution in [0.4, 0.5) is 0 Å². The molecule has 0 bridgehead atoms. The summed E-state index contributed by atoms with van der Waals surface area (Å²) in [7, 11) is 0. The number of thiophene rings is 1. The van der Waals surface area contributed by atoms with Gasteiger partial charge in [-0.25, -0.2) is 0 Å². The number of amides is 1. The maximum Gasteiger partial charge on any atom is 0.261 e. The van der Waals surface area contributed by atoms with E-state index >= 15 is 0 Å². The normalized spacial score (nSPS) is 16.6. The maximum atomic E-state index is 12.1. The number of nitrogens with one attached hydrogen (secondary N) is 1. The number of carbonyl (C=O) groups excluding carboxylic acids is 1. The second-order valence-electron chi connectivity index (χ2n) is 5.37. The summed E-state index contributed by atoms with van der Waals surface area (Å²) >= 11 is 1.64. The molecule has 1 aromatic heterocycles. The molecule has 0 saturated heterocycles. The van der Waals surface area contributed by atoms with Crippen LogP contribution in [0.25, 0.3) is 10.4 Å². The van der Waals surface area contributed by atoms with Gasteiger partial charge in [0, 0.05) is 10.9 Å². The minimum Gasteiger partial charge on any atom is -0.349 e. The second-order valence-corrected chi connectivity index (χ2v) is 6.42. The van der Waals surface area contributed by atoms with E-state index in [2.05, 4.69) is 35.6 Å². The molecule has 0 aliphatic heterocycles. The molecule has 1 aromatic carbocycles. The van der Waals surface area contributed by atoms with Crippen LogP contribution in [-0.2, 0) is 12.8 Å². The zero-order chi connectivity index (χ0) is 12.8. The van der Waals surface area contributed by atoms with Crippen molar-refractivity contribution in [2.24, 2.45) is 0 Å². The Kier molecular flexibility index (Phi) is 2.49. The Hall–Kier alpha value is -1.61. The number of rotatable bonds is 2. The number of fused-ring (bicyclic) bond motifs is 3. The highest BCUT2D eigenvalue weighted by molar-refractivity contribution is 7.17. The van der Waals surface area contributed by atoms with Crippen LogP contribution in [0.1, 0.15) is 33.6 Å².